The number of anilines is 4. The number of carbonyl (C=O) groups excluding carboxylic acids is 2. The fraction of sp³-hybridized carbons (Fsp3) is 0.347. The summed E-state index contributed by atoms with van der Waals surface area (Å²) in [5, 5.41) is 6.08. The Balaban J connectivity index is 0.000000197. The lowest BCUT2D eigenvalue weighted by atomic mass is 10.0. The van der Waals surface area contributed by atoms with E-state index in [0.717, 1.165) is 97.3 Å². The molecule has 0 aliphatic carbocycles. The quantitative estimate of drug-likeness (QED) is 0.103. The molecule has 2 aliphatic heterocycles. The molecular formula is C49H60N10O4. The summed E-state index contributed by atoms with van der Waals surface area (Å²) in [6.07, 6.45) is 11.2. The second-order valence-electron chi connectivity index (χ2n) is 17.5. The molecule has 63 heavy (non-hydrogen) atoms. The van der Waals surface area contributed by atoms with E-state index in [9.17, 15) is 9.59 Å². The number of alkyl carbamates (subject to hydrolysis) is 1. The monoisotopic (exact) mass is 852 g/mol. The van der Waals surface area contributed by atoms with Crippen molar-refractivity contribution in [1.82, 2.24) is 24.4 Å². The van der Waals surface area contributed by atoms with Crippen molar-refractivity contribution >= 4 is 34.7 Å². The van der Waals surface area contributed by atoms with Crippen LogP contribution in [0.15, 0.2) is 110 Å². The summed E-state index contributed by atoms with van der Waals surface area (Å²) in [7, 11) is 0. The molecule has 0 saturated carbocycles. The van der Waals surface area contributed by atoms with Crippen molar-refractivity contribution in [3.63, 3.8) is 0 Å². The molecule has 2 amide bonds. The molecule has 2 atom stereocenters. The summed E-state index contributed by atoms with van der Waals surface area (Å²) in [6, 6.07) is 27.4. The third kappa shape index (κ3) is 12.2. The zero-order valence-electron chi connectivity index (χ0n) is 37.2. The molecule has 0 bridgehead atoms. The van der Waals surface area contributed by atoms with Gasteiger partial charge in [0.2, 0.25) is 0 Å². The van der Waals surface area contributed by atoms with E-state index in [4.69, 9.17) is 20.9 Å². The van der Waals surface area contributed by atoms with E-state index < -0.39 is 5.60 Å². The molecule has 6 aromatic rings. The number of nitrogens with zero attached hydrogens (tertiary/aromatic N) is 6. The number of ether oxygens (including phenoxy) is 2. The number of aryl methyl sites for hydroxylation is 3. The molecule has 4 aromatic carbocycles. The van der Waals surface area contributed by atoms with Crippen LogP contribution in [0.25, 0.3) is 11.4 Å². The van der Waals surface area contributed by atoms with Crippen LogP contribution in [0, 0.1) is 20.8 Å². The van der Waals surface area contributed by atoms with Crippen LogP contribution >= 0.6 is 0 Å². The summed E-state index contributed by atoms with van der Waals surface area (Å²) in [5.74, 6) is 1.18. The van der Waals surface area contributed by atoms with Gasteiger partial charge in [-0.25, -0.2) is 14.8 Å². The van der Waals surface area contributed by atoms with E-state index in [1.165, 1.54) is 0 Å². The Labute approximate surface area is 370 Å². The van der Waals surface area contributed by atoms with E-state index in [1.807, 2.05) is 130 Å². The maximum atomic E-state index is 13.3. The second kappa shape index (κ2) is 19.5. The average molecular weight is 853 g/mol. The molecule has 0 unspecified atom stereocenters. The van der Waals surface area contributed by atoms with E-state index in [2.05, 4.69) is 42.5 Å². The summed E-state index contributed by atoms with van der Waals surface area (Å²) in [6.45, 7) is 14.9. The van der Waals surface area contributed by atoms with Gasteiger partial charge in [-0.1, -0.05) is 24.3 Å². The van der Waals surface area contributed by atoms with Crippen molar-refractivity contribution in [3.8, 4) is 22.9 Å². The number of nitrogens with two attached hydrogens (primary N) is 2. The summed E-state index contributed by atoms with van der Waals surface area (Å²) in [4.78, 5) is 38.6. The smallest absolute Gasteiger partial charge is 0.407 e. The van der Waals surface area contributed by atoms with Gasteiger partial charge in [-0.15, -0.1) is 0 Å². The molecule has 6 N–H and O–H groups in total. The molecule has 2 aromatic heterocycles. The molecule has 2 aliphatic rings. The largest absolute Gasteiger partial charge is 0.457 e. The lowest BCUT2D eigenvalue weighted by molar-refractivity contribution is 0.0499. The van der Waals surface area contributed by atoms with Gasteiger partial charge in [0.05, 0.1) is 35.4 Å². The van der Waals surface area contributed by atoms with Gasteiger partial charge in [-0.05, 0) is 133 Å². The highest BCUT2D eigenvalue weighted by molar-refractivity contribution is 6.05. The number of carbonyl (C=O) groups is 2. The van der Waals surface area contributed by atoms with Crippen LogP contribution in [-0.4, -0.2) is 75.0 Å². The number of benzene rings is 4. The Morgan fingerprint density at radius 1 is 0.746 bits per heavy atom. The first kappa shape index (κ1) is 44.3. The highest BCUT2D eigenvalue weighted by Gasteiger charge is 2.25. The third-order valence-corrected chi connectivity index (χ3v) is 10.9. The number of piperidine rings is 2. The second-order valence-corrected chi connectivity index (χ2v) is 17.5. The summed E-state index contributed by atoms with van der Waals surface area (Å²) in [5.41, 5.74) is 20.7. The van der Waals surface area contributed by atoms with E-state index >= 15 is 0 Å². The minimum Gasteiger partial charge on any atom is -0.457 e. The van der Waals surface area contributed by atoms with E-state index in [-0.39, 0.29) is 24.1 Å². The van der Waals surface area contributed by atoms with Gasteiger partial charge in [0.25, 0.3) is 5.91 Å². The summed E-state index contributed by atoms with van der Waals surface area (Å²) < 4.78 is 15.3. The predicted octanol–water partition coefficient (Wildman–Crippen LogP) is 8.72. The minimum atomic E-state index is -0.496. The normalized spacial score (nSPS) is 16.4. The molecule has 14 nitrogen and oxygen atoms in total. The van der Waals surface area contributed by atoms with Crippen molar-refractivity contribution in [1.29, 1.82) is 0 Å². The highest BCUT2D eigenvalue weighted by Crippen LogP contribution is 2.30. The van der Waals surface area contributed by atoms with Gasteiger partial charge < -0.3 is 50.5 Å². The van der Waals surface area contributed by atoms with Gasteiger partial charge in [0.1, 0.15) is 17.1 Å². The van der Waals surface area contributed by atoms with Crippen molar-refractivity contribution in [2.45, 2.75) is 84.9 Å². The third-order valence-electron chi connectivity index (χ3n) is 10.9. The first-order chi connectivity index (χ1) is 30.1. The highest BCUT2D eigenvalue weighted by atomic mass is 16.6. The Morgan fingerprint density at radius 3 is 1.98 bits per heavy atom. The van der Waals surface area contributed by atoms with Crippen LogP contribution in [0.2, 0.25) is 0 Å². The van der Waals surface area contributed by atoms with Gasteiger partial charge in [0, 0.05) is 79.0 Å². The van der Waals surface area contributed by atoms with E-state index in [0.29, 0.717) is 22.7 Å². The van der Waals surface area contributed by atoms with Crippen molar-refractivity contribution in [2.75, 3.05) is 47.0 Å². The van der Waals surface area contributed by atoms with Crippen LogP contribution in [0.1, 0.15) is 73.8 Å². The number of hydrogen-bond acceptors (Lipinski definition) is 10. The van der Waals surface area contributed by atoms with E-state index in [1.54, 1.807) is 18.7 Å². The molecule has 0 radical (unpaired) electrons. The minimum absolute atomic E-state index is 0.0500. The SMILES string of the molecule is Cc1cn(-c2cc(N)cc(N3CCC[C@H](NC(=O)OC(C)(C)C)C3)c2)cn1.Cc1cn(-c2cc(NC(=O)c3ccc(C)c(Oc4ccccc4)c3)cc(N3CCC[C@H](N)C3)c2)cn1. The number of imidazole rings is 2. The van der Waals surface area contributed by atoms with Crippen LogP contribution < -0.4 is 36.6 Å². The Morgan fingerprint density at radius 2 is 1.35 bits per heavy atom. The Hall–Kier alpha value is -6.80. The first-order valence-electron chi connectivity index (χ1n) is 21.6. The molecule has 2 saturated heterocycles. The summed E-state index contributed by atoms with van der Waals surface area (Å²) >= 11 is 0. The fourth-order valence-electron chi connectivity index (χ4n) is 7.79. The van der Waals surface area contributed by atoms with Crippen molar-refractivity contribution in [2.24, 2.45) is 5.73 Å². The van der Waals surface area contributed by atoms with Gasteiger partial charge in [-0.3, -0.25) is 4.79 Å². The van der Waals surface area contributed by atoms with Crippen LogP contribution in [0.5, 0.6) is 11.5 Å². The molecule has 330 valence electrons. The first-order valence-corrected chi connectivity index (χ1v) is 21.6. The zero-order chi connectivity index (χ0) is 44.7. The van der Waals surface area contributed by atoms with Crippen LogP contribution in [-0.2, 0) is 4.74 Å². The molecule has 4 heterocycles. The van der Waals surface area contributed by atoms with Crippen molar-refractivity contribution < 1.29 is 19.1 Å². The average Bonchev–Trinajstić information content (AvgIpc) is 3.89. The number of nitrogens with one attached hydrogen (secondary N) is 2. The molecule has 0 spiro atoms. The Bertz CT molecular complexity index is 2510. The van der Waals surface area contributed by atoms with Gasteiger partial charge >= 0.3 is 6.09 Å². The fourth-order valence-corrected chi connectivity index (χ4v) is 7.79. The maximum absolute atomic E-state index is 13.3. The number of aromatic nitrogens is 4. The lowest BCUT2D eigenvalue weighted by Gasteiger charge is -2.35. The van der Waals surface area contributed by atoms with Gasteiger partial charge in [-0.2, -0.15) is 0 Å². The molecular weight excluding hydrogens is 793 g/mol. The number of rotatable bonds is 9. The molecule has 2 fully saturated rings. The topological polar surface area (TPSA) is 171 Å². The standard InChI is InChI=1S/C29H31N5O2.C20H29N5O2/c1-20-10-11-22(13-28(20)36-27-8-4-3-5-9-27)29(35)32-24-14-25(33-12-6-7-23(30)18-33)16-26(15-24)34-17-21(2)31-19-34;1-14-11-25(13-22-14)18-9-15(21)8-17(10-18)24-7-5-6-16(12-24)23-19(26)27-20(2,3)4/h3-5,8-11,13-17,19,23H,6-7,12,18,30H2,1-2H3,(H,32,35);8-11,13,16H,5-7,12,21H2,1-4H3,(H,23,26)/t23-;16-/m00/s1. The predicted molar refractivity (Wildman–Crippen MR) is 251 cm³/mol. The van der Waals surface area contributed by atoms with Crippen LogP contribution in [0.3, 0.4) is 0 Å². The number of nitrogen functional groups attached to an aromatic ring is 1. The number of para-hydroxylation sites is 1. The number of hydrogen-bond donors (Lipinski definition) is 4. The zero-order valence-corrected chi connectivity index (χ0v) is 37.2. The maximum Gasteiger partial charge on any atom is 0.407 e. The van der Waals surface area contributed by atoms with Crippen LogP contribution in [0.4, 0.5) is 27.5 Å². The molecule has 14 heteroatoms. The lowest BCUT2D eigenvalue weighted by Crippen LogP contribution is -2.49. The van der Waals surface area contributed by atoms with Crippen molar-refractivity contribution in [3.05, 3.63) is 132 Å². The van der Waals surface area contributed by atoms with Gasteiger partial charge in [0.15, 0.2) is 0 Å². The number of amides is 2. The Kier molecular flexibility index (Phi) is 13.7. The molecule has 8 rings (SSSR count).